The van der Waals surface area contributed by atoms with Crippen LogP contribution in [0.1, 0.15) is 33.4 Å². The standard InChI is InChI=1S/C13H23N3OS/c1-9(2)14-5-12-8-18-13(15-12)16-6-11(4)17-7-10(16)3/h8-11,14H,5-7H2,1-4H3. The van der Waals surface area contributed by atoms with Crippen LogP contribution in [0.4, 0.5) is 5.13 Å². The Bertz CT molecular complexity index is 380. The molecule has 0 bridgehead atoms. The van der Waals surface area contributed by atoms with Gasteiger partial charge >= 0.3 is 0 Å². The number of hydrogen-bond donors (Lipinski definition) is 1. The molecule has 102 valence electrons. The Hall–Kier alpha value is -0.650. The van der Waals surface area contributed by atoms with Crippen LogP contribution in [-0.4, -0.2) is 36.3 Å². The summed E-state index contributed by atoms with van der Waals surface area (Å²) >= 11 is 1.73. The lowest BCUT2D eigenvalue weighted by Gasteiger charge is -2.36. The molecule has 2 unspecified atom stereocenters. The molecule has 0 aromatic carbocycles. The summed E-state index contributed by atoms with van der Waals surface area (Å²) in [5, 5.41) is 6.67. The number of nitrogens with zero attached hydrogens (tertiary/aromatic N) is 2. The van der Waals surface area contributed by atoms with Gasteiger partial charge in [-0.25, -0.2) is 4.98 Å². The van der Waals surface area contributed by atoms with E-state index < -0.39 is 0 Å². The van der Waals surface area contributed by atoms with Crippen molar-refractivity contribution in [3.8, 4) is 0 Å². The van der Waals surface area contributed by atoms with Crippen LogP contribution in [0.25, 0.3) is 0 Å². The number of ether oxygens (including phenoxy) is 1. The topological polar surface area (TPSA) is 37.4 Å². The molecule has 1 N–H and O–H groups in total. The molecule has 2 atom stereocenters. The number of morpholine rings is 1. The lowest BCUT2D eigenvalue weighted by Crippen LogP contribution is -2.47. The molecular formula is C13H23N3OS. The van der Waals surface area contributed by atoms with Crippen LogP contribution in [0.15, 0.2) is 5.38 Å². The van der Waals surface area contributed by atoms with E-state index in [1.807, 2.05) is 0 Å². The minimum Gasteiger partial charge on any atom is -0.375 e. The van der Waals surface area contributed by atoms with Gasteiger partial charge in [0.25, 0.3) is 0 Å². The Morgan fingerprint density at radius 2 is 2.33 bits per heavy atom. The number of rotatable bonds is 4. The molecule has 1 aliphatic rings. The first kappa shape index (κ1) is 13.8. The van der Waals surface area contributed by atoms with E-state index in [2.05, 4.69) is 43.3 Å². The van der Waals surface area contributed by atoms with Crippen molar-refractivity contribution < 1.29 is 4.74 Å². The highest BCUT2D eigenvalue weighted by atomic mass is 32.1. The summed E-state index contributed by atoms with van der Waals surface area (Å²) in [5.41, 5.74) is 1.13. The van der Waals surface area contributed by atoms with Crippen molar-refractivity contribution in [3.63, 3.8) is 0 Å². The van der Waals surface area contributed by atoms with Gasteiger partial charge in [-0.1, -0.05) is 13.8 Å². The van der Waals surface area contributed by atoms with Crippen molar-refractivity contribution in [2.75, 3.05) is 18.1 Å². The average molecular weight is 269 g/mol. The zero-order valence-electron chi connectivity index (χ0n) is 11.6. The molecule has 5 heteroatoms. The summed E-state index contributed by atoms with van der Waals surface area (Å²) in [7, 11) is 0. The van der Waals surface area contributed by atoms with Crippen LogP contribution in [-0.2, 0) is 11.3 Å². The maximum atomic E-state index is 5.65. The zero-order valence-corrected chi connectivity index (χ0v) is 12.5. The van der Waals surface area contributed by atoms with E-state index >= 15 is 0 Å². The van der Waals surface area contributed by atoms with Gasteiger partial charge in [-0.15, -0.1) is 11.3 Å². The maximum absolute atomic E-state index is 5.65. The van der Waals surface area contributed by atoms with Crippen LogP contribution in [0.3, 0.4) is 0 Å². The predicted molar refractivity (Wildman–Crippen MR) is 76.3 cm³/mol. The zero-order chi connectivity index (χ0) is 13.1. The van der Waals surface area contributed by atoms with Crippen LogP contribution in [0.2, 0.25) is 0 Å². The van der Waals surface area contributed by atoms with Crippen LogP contribution >= 0.6 is 11.3 Å². The maximum Gasteiger partial charge on any atom is 0.185 e. The first-order valence-electron chi connectivity index (χ1n) is 6.62. The van der Waals surface area contributed by atoms with Crippen LogP contribution in [0.5, 0.6) is 0 Å². The smallest absolute Gasteiger partial charge is 0.185 e. The van der Waals surface area contributed by atoms with E-state index in [9.17, 15) is 0 Å². The molecule has 0 radical (unpaired) electrons. The number of aromatic nitrogens is 1. The van der Waals surface area contributed by atoms with E-state index in [-0.39, 0.29) is 0 Å². The Kier molecular flexibility index (Phi) is 4.59. The molecule has 1 aromatic heterocycles. The fourth-order valence-corrected chi connectivity index (χ4v) is 2.93. The van der Waals surface area contributed by atoms with Gasteiger partial charge in [0.2, 0.25) is 0 Å². The number of anilines is 1. The fraction of sp³-hybridized carbons (Fsp3) is 0.769. The molecule has 1 aromatic rings. The molecule has 1 aliphatic heterocycles. The van der Waals surface area contributed by atoms with Gasteiger partial charge in [-0.3, -0.25) is 0 Å². The lowest BCUT2D eigenvalue weighted by atomic mass is 10.2. The summed E-state index contributed by atoms with van der Waals surface area (Å²) in [6.07, 6.45) is 0.294. The van der Waals surface area contributed by atoms with E-state index in [0.717, 1.165) is 30.5 Å². The van der Waals surface area contributed by atoms with Gasteiger partial charge in [-0.05, 0) is 13.8 Å². The first-order valence-corrected chi connectivity index (χ1v) is 7.50. The molecule has 1 saturated heterocycles. The minimum atomic E-state index is 0.294. The third kappa shape index (κ3) is 3.43. The molecule has 1 fully saturated rings. The second-order valence-electron chi connectivity index (χ2n) is 5.30. The molecule has 0 amide bonds. The highest BCUT2D eigenvalue weighted by Crippen LogP contribution is 2.25. The minimum absolute atomic E-state index is 0.294. The molecule has 0 aliphatic carbocycles. The fourth-order valence-electron chi connectivity index (χ4n) is 1.99. The average Bonchev–Trinajstić information content (AvgIpc) is 2.78. The summed E-state index contributed by atoms with van der Waals surface area (Å²) in [6, 6.07) is 0.913. The molecule has 4 nitrogen and oxygen atoms in total. The van der Waals surface area contributed by atoms with Crippen molar-refractivity contribution in [1.29, 1.82) is 0 Å². The van der Waals surface area contributed by atoms with Gasteiger partial charge in [-0.2, -0.15) is 0 Å². The van der Waals surface area contributed by atoms with Crippen molar-refractivity contribution in [1.82, 2.24) is 10.3 Å². The number of nitrogens with one attached hydrogen (secondary N) is 1. The Morgan fingerprint density at radius 3 is 3.06 bits per heavy atom. The van der Waals surface area contributed by atoms with Crippen LogP contribution in [0, 0.1) is 0 Å². The summed E-state index contributed by atoms with van der Waals surface area (Å²) in [4.78, 5) is 7.08. The Labute approximate surface area is 113 Å². The van der Waals surface area contributed by atoms with E-state index in [1.54, 1.807) is 11.3 Å². The quantitative estimate of drug-likeness (QED) is 0.910. The van der Waals surface area contributed by atoms with Crippen molar-refractivity contribution in [2.45, 2.75) is 52.4 Å². The van der Waals surface area contributed by atoms with E-state index in [4.69, 9.17) is 9.72 Å². The Balaban J connectivity index is 1.99. The predicted octanol–water partition coefficient (Wildman–Crippen LogP) is 2.25. The SMILES string of the molecule is CC(C)NCc1csc(N2CC(C)OCC2C)n1. The largest absolute Gasteiger partial charge is 0.375 e. The molecule has 0 spiro atoms. The normalized spacial score (nSPS) is 24.8. The first-order chi connectivity index (χ1) is 8.56. The lowest BCUT2D eigenvalue weighted by molar-refractivity contribution is 0.0343. The van der Waals surface area contributed by atoms with Gasteiger partial charge < -0.3 is 15.0 Å². The van der Waals surface area contributed by atoms with Gasteiger partial charge in [0.1, 0.15) is 0 Å². The second-order valence-corrected chi connectivity index (χ2v) is 6.14. The summed E-state index contributed by atoms with van der Waals surface area (Å²) in [5.74, 6) is 0. The summed E-state index contributed by atoms with van der Waals surface area (Å²) in [6.45, 7) is 11.2. The van der Waals surface area contributed by atoms with Gasteiger partial charge in [0.15, 0.2) is 5.13 Å². The highest BCUT2D eigenvalue weighted by molar-refractivity contribution is 7.13. The highest BCUT2D eigenvalue weighted by Gasteiger charge is 2.25. The van der Waals surface area contributed by atoms with Crippen LogP contribution < -0.4 is 10.2 Å². The van der Waals surface area contributed by atoms with Gasteiger partial charge in [0.05, 0.1) is 24.4 Å². The second kappa shape index (κ2) is 5.99. The number of thiazole rings is 1. The molecule has 0 saturated carbocycles. The monoisotopic (exact) mass is 269 g/mol. The molecule has 18 heavy (non-hydrogen) atoms. The molecule has 2 heterocycles. The summed E-state index contributed by atoms with van der Waals surface area (Å²) < 4.78 is 5.65. The van der Waals surface area contributed by atoms with E-state index in [0.29, 0.717) is 18.2 Å². The van der Waals surface area contributed by atoms with Crippen molar-refractivity contribution in [2.24, 2.45) is 0 Å². The van der Waals surface area contributed by atoms with Crippen molar-refractivity contribution in [3.05, 3.63) is 11.1 Å². The molecule has 2 rings (SSSR count). The number of hydrogen-bond acceptors (Lipinski definition) is 5. The van der Waals surface area contributed by atoms with E-state index in [1.165, 1.54) is 0 Å². The van der Waals surface area contributed by atoms with Crippen molar-refractivity contribution >= 4 is 16.5 Å². The van der Waals surface area contributed by atoms with Gasteiger partial charge in [0, 0.05) is 24.5 Å². The molecular weight excluding hydrogens is 246 g/mol. The third-order valence-electron chi connectivity index (χ3n) is 3.08. The third-order valence-corrected chi connectivity index (χ3v) is 4.01. The Morgan fingerprint density at radius 1 is 1.56 bits per heavy atom.